The lowest BCUT2D eigenvalue weighted by molar-refractivity contribution is -0.0226. The molecule has 5 nitrogen and oxygen atoms in total. The average molecular weight is 357 g/mol. The van der Waals surface area contributed by atoms with Crippen LogP contribution in [0.25, 0.3) is 0 Å². The predicted octanol–water partition coefficient (Wildman–Crippen LogP) is 2.81. The van der Waals surface area contributed by atoms with E-state index in [1.807, 2.05) is 0 Å². The van der Waals surface area contributed by atoms with Gasteiger partial charge in [-0.3, -0.25) is 4.90 Å². The van der Waals surface area contributed by atoms with E-state index in [0.29, 0.717) is 5.92 Å². The molecule has 0 bridgehead atoms. The van der Waals surface area contributed by atoms with Gasteiger partial charge in [0, 0.05) is 50.4 Å². The fourth-order valence-corrected chi connectivity index (χ4v) is 5.65. The molecule has 5 heteroatoms. The molecule has 2 aliphatic carbocycles. The first-order valence-corrected chi connectivity index (χ1v) is 10.7. The van der Waals surface area contributed by atoms with Crippen LogP contribution >= 0.6 is 0 Å². The minimum Gasteiger partial charge on any atom is -0.389 e. The third-order valence-electron chi connectivity index (χ3n) is 7.39. The van der Waals surface area contributed by atoms with Gasteiger partial charge in [0.05, 0.1) is 5.60 Å². The van der Waals surface area contributed by atoms with E-state index in [1.54, 1.807) is 6.33 Å². The molecule has 1 N–H and O–H groups in total. The Morgan fingerprint density at radius 3 is 2.35 bits per heavy atom. The van der Waals surface area contributed by atoms with Crippen LogP contribution in [0, 0.1) is 11.8 Å². The first kappa shape index (κ1) is 16.9. The van der Waals surface area contributed by atoms with Gasteiger partial charge in [-0.15, -0.1) is 0 Å². The first-order valence-electron chi connectivity index (χ1n) is 10.7. The number of hydrogen-bond acceptors (Lipinski definition) is 5. The number of likely N-dealkylation sites (tertiary alicyclic amines) is 1. The monoisotopic (exact) mass is 356 g/mol. The summed E-state index contributed by atoms with van der Waals surface area (Å²) in [6.45, 7) is 5.40. The Hall–Kier alpha value is -1.20. The summed E-state index contributed by atoms with van der Waals surface area (Å²) in [7, 11) is 0. The van der Waals surface area contributed by atoms with Crippen LogP contribution < -0.4 is 4.90 Å². The molecule has 26 heavy (non-hydrogen) atoms. The molecule has 5 rings (SSSR count). The third-order valence-corrected chi connectivity index (χ3v) is 7.39. The molecule has 2 atom stereocenters. The van der Waals surface area contributed by atoms with Crippen molar-refractivity contribution in [2.75, 3.05) is 37.6 Å². The average Bonchev–Trinajstić information content (AvgIpc) is 3.12. The van der Waals surface area contributed by atoms with E-state index in [9.17, 15) is 5.11 Å². The number of nitrogens with zero attached hydrogens (tertiary/aromatic N) is 4. The first-order chi connectivity index (χ1) is 12.7. The maximum atomic E-state index is 10.9. The van der Waals surface area contributed by atoms with Crippen molar-refractivity contribution in [2.24, 2.45) is 11.8 Å². The van der Waals surface area contributed by atoms with E-state index in [2.05, 4.69) is 25.8 Å². The molecular formula is C21H32N4O. The summed E-state index contributed by atoms with van der Waals surface area (Å²) in [6, 6.07) is 2.24. The topological polar surface area (TPSA) is 52.5 Å². The highest BCUT2D eigenvalue weighted by molar-refractivity contribution is 5.42. The molecule has 0 aromatic carbocycles. The number of fused-ring (bicyclic) bond motifs is 1. The quantitative estimate of drug-likeness (QED) is 0.899. The third kappa shape index (κ3) is 3.24. The zero-order chi connectivity index (χ0) is 17.6. The van der Waals surface area contributed by atoms with Gasteiger partial charge in [-0.1, -0.05) is 25.7 Å². The van der Waals surface area contributed by atoms with Crippen molar-refractivity contribution in [2.45, 2.75) is 62.9 Å². The van der Waals surface area contributed by atoms with E-state index in [4.69, 9.17) is 0 Å². The van der Waals surface area contributed by atoms with Crippen LogP contribution in [0.5, 0.6) is 0 Å². The van der Waals surface area contributed by atoms with Gasteiger partial charge in [-0.25, -0.2) is 9.97 Å². The molecule has 0 amide bonds. The molecule has 2 saturated carbocycles. The largest absolute Gasteiger partial charge is 0.389 e. The van der Waals surface area contributed by atoms with Crippen molar-refractivity contribution < 1.29 is 5.11 Å². The van der Waals surface area contributed by atoms with Gasteiger partial charge in [-0.05, 0) is 37.5 Å². The van der Waals surface area contributed by atoms with E-state index in [-0.39, 0.29) is 0 Å². The molecule has 0 radical (unpaired) electrons. The maximum absolute atomic E-state index is 10.9. The molecule has 2 saturated heterocycles. The van der Waals surface area contributed by atoms with E-state index in [0.717, 1.165) is 63.2 Å². The number of hydrogen-bond donors (Lipinski definition) is 1. The molecule has 3 heterocycles. The van der Waals surface area contributed by atoms with Gasteiger partial charge in [0.2, 0.25) is 0 Å². The molecule has 2 unspecified atom stereocenters. The minimum absolute atomic E-state index is 0.416. The summed E-state index contributed by atoms with van der Waals surface area (Å²) in [5.41, 5.74) is 0.834. The van der Waals surface area contributed by atoms with Gasteiger partial charge in [0.15, 0.2) is 0 Å². The van der Waals surface area contributed by atoms with Crippen LogP contribution in [-0.4, -0.2) is 58.3 Å². The van der Waals surface area contributed by atoms with Gasteiger partial charge >= 0.3 is 0 Å². The Labute approximate surface area is 156 Å². The van der Waals surface area contributed by atoms with Crippen molar-refractivity contribution in [3.05, 3.63) is 18.1 Å². The molecule has 0 spiro atoms. The Morgan fingerprint density at radius 2 is 1.69 bits per heavy atom. The standard InChI is InChI=1S/C21H32N4O/c26-21(7-2-1-3-8-21)14-24-10-17-12-25(13-18(17)11-24)20-9-19(22-15-23-20)16-5-4-6-16/h9,15-18,26H,1-8,10-14H2. The van der Waals surface area contributed by atoms with Crippen LogP contribution in [0.15, 0.2) is 12.4 Å². The number of aromatic nitrogens is 2. The SMILES string of the molecule is OC1(CN2CC3CN(c4cc(C5CCC5)ncn4)CC3C2)CCCCC1. The van der Waals surface area contributed by atoms with Crippen LogP contribution in [0.4, 0.5) is 5.82 Å². The zero-order valence-electron chi connectivity index (χ0n) is 15.8. The fourth-order valence-electron chi connectivity index (χ4n) is 5.65. The Kier molecular flexibility index (Phi) is 4.40. The normalized spacial score (nSPS) is 31.8. The Morgan fingerprint density at radius 1 is 0.962 bits per heavy atom. The molecule has 142 valence electrons. The highest BCUT2D eigenvalue weighted by Crippen LogP contribution is 2.38. The van der Waals surface area contributed by atoms with Gasteiger partial charge in [0.25, 0.3) is 0 Å². The van der Waals surface area contributed by atoms with E-state index >= 15 is 0 Å². The van der Waals surface area contributed by atoms with Gasteiger partial charge < -0.3 is 10.0 Å². The van der Waals surface area contributed by atoms with Crippen LogP contribution in [0.2, 0.25) is 0 Å². The summed E-state index contributed by atoms with van der Waals surface area (Å²) in [6.07, 6.45) is 11.4. The van der Waals surface area contributed by atoms with Crippen molar-refractivity contribution in [3.63, 3.8) is 0 Å². The highest BCUT2D eigenvalue weighted by Gasteiger charge is 2.43. The summed E-state index contributed by atoms with van der Waals surface area (Å²) in [4.78, 5) is 14.1. The molecule has 1 aromatic heterocycles. The Balaban J connectivity index is 1.19. The lowest BCUT2D eigenvalue weighted by atomic mass is 9.83. The second kappa shape index (κ2) is 6.75. The van der Waals surface area contributed by atoms with Gasteiger partial charge in [0.1, 0.15) is 12.1 Å². The molecule has 1 aromatic rings. The smallest absolute Gasteiger partial charge is 0.132 e. The molecule has 2 aliphatic heterocycles. The molecule has 4 fully saturated rings. The van der Waals surface area contributed by atoms with Crippen molar-refractivity contribution in [1.82, 2.24) is 14.9 Å². The second-order valence-corrected chi connectivity index (χ2v) is 9.33. The van der Waals surface area contributed by atoms with Crippen molar-refractivity contribution in [3.8, 4) is 0 Å². The number of β-amino-alcohol motifs (C(OH)–C–C–N with tert-alkyl or cyclic N) is 1. The summed E-state index contributed by atoms with van der Waals surface area (Å²) < 4.78 is 0. The van der Waals surface area contributed by atoms with E-state index in [1.165, 1.54) is 44.2 Å². The zero-order valence-corrected chi connectivity index (χ0v) is 15.8. The van der Waals surface area contributed by atoms with Crippen molar-refractivity contribution in [1.29, 1.82) is 0 Å². The molecular weight excluding hydrogens is 324 g/mol. The van der Waals surface area contributed by atoms with Crippen LogP contribution in [0.1, 0.15) is 63.0 Å². The summed E-state index contributed by atoms with van der Waals surface area (Å²) in [5.74, 6) is 3.26. The number of anilines is 1. The maximum Gasteiger partial charge on any atom is 0.132 e. The summed E-state index contributed by atoms with van der Waals surface area (Å²) in [5, 5.41) is 10.9. The lowest BCUT2D eigenvalue weighted by Crippen LogP contribution is -2.44. The molecule has 4 aliphatic rings. The minimum atomic E-state index is -0.416. The predicted molar refractivity (Wildman–Crippen MR) is 102 cm³/mol. The summed E-state index contributed by atoms with van der Waals surface area (Å²) >= 11 is 0. The van der Waals surface area contributed by atoms with Crippen LogP contribution in [0.3, 0.4) is 0 Å². The highest BCUT2D eigenvalue weighted by atomic mass is 16.3. The fraction of sp³-hybridized carbons (Fsp3) is 0.810. The van der Waals surface area contributed by atoms with Gasteiger partial charge in [-0.2, -0.15) is 0 Å². The second-order valence-electron chi connectivity index (χ2n) is 9.33. The van der Waals surface area contributed by atoms with E-state index < -0.39 is 5.60 Å². The number of rotatable bonds is 4. The van der Waals surface area contributed by atoms with Crippen LogP contribution in [-0.2, 0) is 0 Å². The number of aliphatic hydroxyl groups is 1. The lowest BCUT2D eigenvalue weighted by Gasteiger charge is -2.36. The Bertz CT molecular complexity index is 627. The van der Waals surface area contributed by atoms with Crippen molar-refractivity contribution >= 4 is 5.82 Å².